The molecular weight excluding hydrogens is 422 g/mol. The third-order valence-electron chi connectivity index (χ3n) is 5.95. The van der Waals surface area contributed by atoms with Crippen molar-refractivity contribution in [2.24, 2.45) is 0 Å². The quantitative estimate of drug-likeness (QED) is 0.585. The van der Waals surface area contributed by atoms with Crippen molar-refractivity contribution in [3.05, 3.63) is 42.7 Å². The number of benzene rings is 1. The number of hydrogen-bond donors (Lipinski definition) is 0. The van der Waals surface area contributed by atoms with Crippen LogP contribution >= 0.6 is 0 Å². The molecule has 9 nitrogen and oxygen atoms in total. The Bertz CT molecular complexity index is 1120. The summed E-state index contributed by atoms with van der Waals surface area (Å²) in [5, 5.41) is 0. The van der Waals surface area contributed by atoms with Crippen LogP contribution in [0.4, 0.5) is 5.69 Å². The Balaban J connectivity index is 1.37. The van der Waals surface area contributed by atoms with Gasteiger partial charge in [-0.25, -0.2) is 9.97 Å². The molecule has 9 heteroatoms. The highest BCUT2D eigenvalue weighted by molar-refractivity contribution is 5.83. The van der Waals surface area contributed by atoms with Crippen LogP contribution in [0, 0.1) is 0 Å². The lowest BCUT2D eigenvalue weighted by molar-refractivity contribution is -0.137. The van der Waals surface area contributed by atoms with E-state index in [-0.39, 0.29) is 18.6 Å². The molecular formula is C24H27N5O4. The van der Waals surface area contributed by atoms with Gasteiger partial charge in [-0.2, -0.15) is 0 Å². The SMILES string of the molecule is CC(=O)N1CCO[C@H](COc2nc(-c3ccc(N4CCOCC4)cc3)cc3nccnc23)C1. The summed E-state index contributed by atoms with van der Waals surface area (Å²) < 4.78 is 17.3. The fourth-order valence-electron chi connectivity index (χ4n) is 4.13. The molecule has 2 aromatic heterocycles. The molecule has 2 fully saturated rings. The molecule has 0 saturated carbocycles. The zero-order valence-electron chi connectivity index (χ0n) is 18.6. The van der Waals surface area contributed by atoms with Gasteiger partial charge in [0.05, 0.1) is 37.6 Å². The van der Waals surface area contributed by atoms with Gasteiger partial charge in [-0.1, -0.05) is 12.1 Å². The van der Waals surface area contributed by atoms with Gasteiger partial charge in [-0.05, 0) is 18.2 Å². The Hall–Kier alpha value is -3.30. The minimum Gasteiger partial charge on any atom is -0.473 e. The maximum atomic E-state index is 11.7. The van der Waals surface area contributed by atoms with Crippen LogP contribution in [-0.4, -0.2) is 84.5 Å². The minimum atomic E-state index is -0.215. The van der Waals surface area contributed by atoms with Gasteiger partial charge >= 0.3 is 0 Å². The molecule has 0 spiro atoms. The van der Waals surface area contributed by atoms with Crippen LogP contribution in [0.25, 0.3) is 22.3 Å². The van der Waals surface area contributed by atoms with Crippen LogP contribution in [0.15, 0.2) is 42.7 Å². The summed E-state index contributed by atoms with van der Waals surface area (Å²) in [5.74, 6) is 0.455. The van der Waals surface area contributed by atoms with Crippen molar-refractivity contribution in [3.8, 4) is 17.1 Å². The van der Waals surface area contributed by atoms with E-state index in [0.29, 0.717) is 36.6 Å². The van der Waals surface area contributed by atoms with Crippen molar-refractivity contribution in [2.45, 2.75) is 13.0 Å². The lowest BCUT2D eigenvalue weighted by Gasteiger charge is -2.32. The number of hydrogen-bond acceptors (Lipinski definition) is 8. The second kappa shape index (κ2) is 9.68. The molecule has 0 unspecified atom stereocenters. The maximum absolute atomic E-state index is 11.7. The van der Waals surface area contributed by atoms with Crippen molar-refractivity contribution >= 4 is 22.6 Å². The van der Waals surface area contributed by atoms with Crippen LogP contribution < -0.4 is 9.64 Å². The predicted octanol–water partition coefficient (Wildman–Crippen LogP) is 2.15. The van der Waals surface area contributed by atoms with Crippen LogP contribution in [0.1, 0.15) is 6.92 Å². The van der Waals surface area contributed by atoms with Crippen molar-refractivity contribution in [3.63, 3.8) is 0 Å². The van der Waals surface area contributed by atoms with E-state index >= 15 is 0 Å². The molecule has 0 aliphatic carbocycles. The Labute approximate surface area is 192 Å². The van der Waals surface area contributed by atoms with E-state index in [9.17, 15) is 4.79 Å². The number of carbonyl (C=O) groups is 1. The van der Waals surface area contributed by atoms with Crippen LogP contribution in [0.2, 0.25) is 0 Å². The number of ether oxygens (including phenoxy) is 3. The number of aromatic nitrogens is 3. The largest absolute Gasteiger partial charge is 0.473 e. The molecule has 5 rings (SSSR count). The molecule has 0 N–H and O–H groups in total. The molecule has 4 heterocycles. The number of morpholine rings is 2. The van der Waals surface area contributed by atoms with Crippen molar-refractivity contribution in [1.82, 2.24) is 19.9 Å². The number of rotatable bonds is 5. The van der Waals surface area contributed by atoms with Gasteiger partial charge in [-0.3, -0.25) is 9.78 Å². The number of fused-ring (bicyclic) bond motifs is 1. The number of pyridine rings is 1. The first-order chi connectivity index (χ1) is 16.2. The highest BCUT2D eigenvalue weighted by Crippen LogP contribution is 2.28. The first-order valence-electron chi connectivity index (χ1n) is 11.2. The number of anilines is 1. The summed E-state index contributed by atoms with van der Waals surface area (Å²) in [7, 11) is 0. The van der Waals surface area contributed by atoms with Gasteiger partial charge in [-0.15, -0.1) is 0 Å². The van der Waals surface area contributed by atoms with Gasteiger partial charge in [0, 0.05) is 50.2 Å². The molecule has 2 aliphatic heterocycles. The maximum Gasteiger partial charge on any atom is 0.242 e. The molecule has 2 aliphatic rings. The highest BCUT2D eigenvalue weighted by atomic mass is 16.5. The molecule has 0 bridgehead atoms. The number of amides is 1. The molecule has 172 valence electrons. The average Bonchev–Trinajstić information content (AvgIpc) is 2.88. The Morgan fingerprint density at radius 1 is 1.09 bits per heavy atom. The van der Waals surface area contributed by atoms with Crippen LogP contribution in [-0.2, 0) is 14.3 Å². The molecule has 1 atom stereocenters. The standard InChI is InChI=1S/C24H27N5O4/c1-17(30)29-10-13-32-20(15-29)16-33-24-23-22(25-6-7-26-23)14-21(27-24)18-2-4-19(5-3-18)28-8-11-31-12-9-28/h2-7,14,20H,8-13,15-16H2,1H3/t20-/m0/s1. The second-order valence-electron chi connectivity index (χ2n) is 8.15. The zero-order chi connectivity index (χ0) is 22.6. The molecule has 0 radical (unpaired) electrons. The van der Waals surface area contributed by atoms with Crippen LogP contribution in [0.3, 0.4) is 0 Å². The molecule has 33 heavy (non-hydrogen) atoms. The highest BCUT2D eigenvalue weighted by Gasteiger charge is 2.23. The Morgan fingerprint density at radius 3 is 2.67 bits per heavy atom. The monoisotopic (exact) mass is 449 g/mol. The summed E-state index contributed by atoms with van der Waals surface area (Å²) in [6, 6.07) is 10.3. The topological polar surface area (TPSA) is 89.9 Å². The van der Waals surface area contributed by atoms with E-state index in [1.54, 1.807) is 24.2 Å². The van der Waals surface area contributed by atoms with Crippen molar-refractivity contribution < 1.29 is 19.0 Å². The van der Waals surface area contributed by atoms with E-state index in [2.05, 4.69) is 39.1 Å². The lowest BCUT2D eigenvalue weighted by Crippen LogP contribution is -2.46. The first-order valence-corrected chi connectivity index (χ1v) is 11.2. The summed E-state index contributed by atoms with van der Waals surface area (Å²) in [6.45, 7) is 6.75. The smallest absolute Gasteiger partial charge is 0.242 e. The first kappa shape index (κ1) is 21.5. The molecule has 2 saturated heterocycles. The number of nitrogens with zero attached hydrogens (tertiary/aromatic N) is 5. The van der Waals surface area contributed by atoms with Crippen molar-refractivity contribution in [2.75, 3.05) is 57.5 Å². The van der Waals surface area contributed by atoms with Gasteiger partial charge in [0.15, 0.2) is 5.52 Å². The Morgan fingerprint density at radius 2 is 1.88 bits per heavy atom. The van der Waals surface area contributed by atoms with E-state index in [4.69, 9.17) is 19.2 Å². The van der Waals surface area contributed by atoms with Crippen molar-refractivity contribution in [1.29, 1.82) is 0 Å². The van der Waals surface area contributed by atoms with Crippen LogP contribution in [0.5, 0.6) is 5.88 Å². The van der Waals surface area contributed by atoms with Gasteiger partial charge in [0.25, 0.3) is 0 Å². The van der Waals surface area contributed by atoms with E-state index in [0.717, 1.165) is 37.6 Å². The zero-order valence-corrected chi connectivity index (χ0v) is 18.6. The summed E-state index contributed by atoms with van der Waals surface area (Å²) in [6.07, 6.45) is 3.07. The molecule has 3 aromatic rings. The second-order valence-corrected chi connectivity index (χ2v) is 8.15. The van der Waals surface area contributed by atoms with E-state index in [1.807, 2.05) is 6.07 Å². The summed E-state index contributed by atoms with van der Waals surface area (Å²) >= 11 is 0. The Kier molecular flexibility index (Phi) is 6.32. The van der Waals surface area contributed by atoms with E-state index in [1.165, 1.54) is 5.69 Å². The summed E-state index contributed by atoms with van der Waals surface area (Å²) in [5.41, 5.74) is 4.22. The number of carbonyl (C=O) groups excluding carboxylic acids is 1. The van der Waals surface area contributed by atoms with E-state index < -0.39 is 0 Å². The van der Waals surface area contributed by atoms with Gasteiger partial charge in [0.2, 0.25) is 11.8 Å². The van der Waals surface area contributed by atoms with Gasteiger partial charge in [0.1, 0.15) is 12.7 Å². The molecule has 1 aromatic carbocycles. The fraction of sp³-hybridized carbons (Fsp3) is 0.417. The van der Waals surface area contributed by atoms with Gasteiger partial charge < -0.3 is 24.0 Å². The summed E-state index contributed by atoms with van der Waals surface area (Å²) in [4.78, 5) is 29.4. The minimum absolute atomic E-state index is 0.0419. The lowest BCUT2D eigenvalue weighted by atomic mass is 10.1. The fourth-order valence-corrected chi connectivity index (χ4v) is 4.13. The third-order valence-corrected chi connectivity index (χ3v) is 5.95. The normalized spacial score (nSPS) is 19.0. The average molecular weight is 450 g/mol. The predicted molar refractivity (Wildman–Crippen MR) is 123 cm³/mol. The molecule has 1 amide bonds. The third kappa shape index (κ3) is 4.89.